The number of nitrogens with zero attached hydrogens (tertiary/aromatic N) is 1. The second-order valence-corrected chi connectivity index (χ2v) is 2.86. The minimum atomic E-state index is 0.596. The third kappa shape index (κ3) is 9.25. The molecule has 0 amide bonds. The van der Waals surface area contributed by atoms with Crippen LogP contribution in [-0.4, -0.2) is 19.8 Å². The molecular weight excluding hydrogens is 140 g/mol. The van der Waals surface area contributed by atoms with Crippen LogP contribution in [-0.2, 0) is 4.74 Å². The van der Waals surface area contributed by atoms with E-state index in [1.165, 1.54) is 0 Å². The summed E-state index contributed by atoms with van der Waals surface area (Å²) < 4.78 is 5.29. The zero-order valence-corrected chi connectivity index (χ0v) is 7.26. The van der Waals surface area contributed by atoms with Crippen molar-refractivity contribution in [3.05, 3.63) is 0 Å². The highest BCUT2D eigenvalue weighted by atomic mass is 16.5. The summed E-state index contributed by atoms with van der Waals surface area (Å²) in [6.45, 7) is 6.51. The summed E-state index contributed by atoms with van der Waals surface area (Å²) in [6, 6.07) is 0. The Kier molecular flexibility index (Phi) is 6.86. The Bertz CT molecular complexity index is 118. The lowest BCUT2D eigenvalue weighted by Gasteiger charge is -2.05. The molecule has 0 radical (unpaired) electrons. The normalized spacial score (nSPS) is 9.64. The molecule has 0 heterocycles. The molecule has 0 aromatic carbocycles. The second-order valence-electron chi connectivity index (χ2n) is 2.86. The molecule has 0 aliphatic carbocycles. The van der Waals surface area contributed by atoms with Gasteiger partial charge in [-0.3, -0.25) is 0 Å². The van der Waals surface area contributed by atoms with Crippen molar-refractivity contribution in [3.63, 3.8) is 0 Å². The molecule has 3 nitrogen and oxygen atoms in total. The molecule has 0 bridgehead atoms. The minimum Gasteiger partial charge on any atom is -0.381 e. The molecule has 0 saturated carbocycles. The molecule has 0 spiro atoms. The van der Waals surface area contributed by atoms with Gasteiger partial charge in [-0.25, -0.2) is 0 Å². The Morgan fingerprint density at radius 2 is 2.27 bits per heavy atom. The van der Waals surface area contributed by atoms with E-state index < -0.39 is 0 Å². The van der Waals surface area contributed by atoms with Crippen LogP contribution in [0.4, 0.5) is 0 Å². The maximum atomic E-state index is 8.11. The smallest absolute Gasteiger partial charge is 0.176 e. The first-order chi connectivity index (χ1) is 5.27. The van der Waals surface area contributed by atoms with Crippen LogP contribution in [0.3, 0.4) is 0 Å². The molecule has 0 atom stereocenters. The van der Waals surface area contributed by atoms with E-state index in [9.17, 15) is 0 Å². The van der Waals surface area contributed by atoms with Crippen molar-refractivity contribution in [3.8, 4) is 6.19 Å². The van der Waals surface area contributed by atoms with Crippen molar-refractivity contribution >= 4 is 0 Å². The van der Waals surface area contributed by atoms with Gasteiger partial charge in [-0.2, -0.15) is 5.26 Å². The van der Waals surface area contributed by atoms with E-state index in [1.54, 1.807) is 0 Å². The van der Waals surface area contributed by atoms with Gasteiger partial charge in [0.05, 0.1) is 0 Å². The van der Waals surface area contributed by atoms with E-state index in [1.807, 2.05) is 6.19 Å². The molecule has 0 unspecified atom stereocenters. The van der Waals surface area contributed by atoms with Gasteiger partial charge in [0, 0.05) is 19.8 Å². The molecule has 0 aliphatic rings. The molecular formula is C8H16N2O. The van der Waals surface area contributed by atoms with Crippen LogP contribution in [0.25, 0.3) is 0 Å². The number of hydrogen-bond donors (Lipinski definition) is 1. The fraction of sp³-hybridized carbons (Fsp3) is 0.875. The standard InChI is InChI=1S/C8H16N2O/c1-8(2)6-11-5-3-4-10-7-9/h8,10H,3-6H2,1-2H3. The first kappa shape index (κ1) is 10.2. The predicted molar refractivity (Wildman–Crippen MR) is 43.9 cm³/mol. The van der Waals surface area contributed by atoms with Crippen LogP contribution in [0.15, 0.2) is 0 Å². The third-order valence-corrected chi connectivity index (χ3v) is 1.12. The van der Waals surface area contributed by atoms with Crippen molar-refractivity contribution in [2.45, 2.75) is 20.3 Å². The summed E-state index contributed by atoms with van der Waals surface area (Å²) in [4.78, 5) is 0. The number of ether oxygens (including phenoxy) is 1. The van der Waals surface area contributed by atoms with Gasteiger partial charge >= 0.3 is 0 Å². The van der Waals surface area contributed by atoms with Gasteiger partial charge in [-0.1, -0.05) is 13.8 Å². The van der Waals surface area contributed by atoms with Crippen LogP contribution in [0.1, 0.15) is 20.3 Å². The highest BCUT2D eigenvalue weighted by Crippen LogP contribution is 1.92. The average molecular weight is 156 g/mol. The maximum Gasteiger partial charge on any atom is 0.176 e. The third-order valence-electron chi connectivity index (χ3n) is 1.12. The lowest BCUT2D eigenvalue weighted by Crippen LogP contribution is -2.11. The predicted octanol–water partition coefficient (Wildman–Crippen LogP) is 1.12. The highest BCUT2D eigenvalue weighted by Gasteiger charge is 1.92. The largest absolute Gasteiger partial charge is 0.381 e. The Hall–Kier alpha value is -0.750. The summed E-state index contributed by atoms with van der Waals surface area (Å²) in [6.07, 6.45) is 2.76. The first-order valence-corrected chi connectivity index (χ1v) is 3.97. The minimum absolute atomic E-state index is 0.596. The van der Waals surface area contributed by atoms with E-state index >= 15 is 0 Å². The Labute approximate surface area is 68.3 Å². The van der Waals surface area contributed by atoms with Gasteiger partial charge in [-0.15, -0.1) is 0 Å². The average Bonchev–Trinajstić information content (AvgIpc) is 1.96. The summed E-state index contributed by atoms with van der Waals surface area (Å²) in [5, 5.41) is 10.7. The number of rotatable bonds is 6. The molecule has 0 aromatic heterocycles. The monoisotopic (exact) mass is 156 g/mol. The summed E-state index contributed by atoms with van der Waals surface area (Å²) >= 11 is 0. The van der Waals surface area contributed by atoms with Crippen LogP contribution >= 0.6 is 0 Å². The molecule has 11 heavy (non-hydrogen) atoms. The number of nitrogens with one attached hydrogen (secondary N) is 1. The van der Waals surface area contributed by atoms with E-state index in [-0.39, 0.29) is 0 Å². The van der Waals surface area contributed by atoms with Crippen LogP contribution in [0, 0.1) is 17.4 Å². The van der Waals surface area contributed by atoms with Crippen molar-refractivity contribution in [2.24, 2.45) is 5.92 Å². The topological polar surface area (TPSA) is 45.0 Å². The quantitative estimate of drug-likeness (QED) is 0.356. The van der Waals surface area contributed by atoms with Crippen LogP contribution < -0.4 is 5.32 Å². The van der Waals surface area contributed by atoms with Gasteiger partial charge in [0.2, 0.25) is 0 Å². The lowest BCUT2D eigenvalue weighted by atomic mass is 10.2. The highest BCUT2D eigenvalue weighted by molar-refractivity contribution is 4.63. The van der Waals surface area contributed by atoms with Crippen molar-refractivity contribution < 1.29 is 4.74 Å². The molecule has 3 heteroatoms. The molecule has 0 fully saturated rings. The summed E-state index contributed by atoms with van der Waals surface area (Å²) in [7, 11) is 0. The van der Waals surface area contributed by atoms with Gasteiger partial charge in [0.15, 0.2) is 6.19 Å². The van der Waals surface area contributed by atoms with E-state index in [0.29, 0.717) is 12.5 Å². The second kappa shape index (κ2) is 7.36. The molecule has 0 aliphatic heterocycles. The maximum absolute atomic E-state index is 8.11. The molecule has 0 aromatic rings. The first-order valence-electron chi connectivity index (χ1n) is 3.97. The molecule has 0 saturated heterocycles. The molecule has 64 valence electrons. The Morgan fingerprint density at radius 1 is 1.55 bits per heavy atom. The zero-order chi connectivity index (χ0) is 8.53. The van der Waals surface area contributed by atoms with E-state index in [0.717, 1.165) is 19.6 Å². The Morgan fingerprint density at radius 3 is 2.82 bits per heavy atom. The van der Waals surface area contributed by atoms with Crippen molar-refractivity contribution in [2.75, 3.05) is 19.8 Å². The van der Waals surface area contributed by atoms with Gasteiger partial charge in [0.1, 0.15) is 0 Å². The molecule has 1 N–H and O–H groups in total. The number of nitriles is 1. The summed E-state index contributed by atoms with van der Waals surface area (Å²) in [5.41, 5.74) is 0. The summed E-state index contributed by atoms with van der Waals surface area (Å²) in [5.74, 6) is 0.596. The van der Waals surface area contributed by atoms with Gasteiger partial charge < -0.3 is 10.1 Å². The SMILES string of the molecule is CC(C)COCCCNC#N. The fourth-order valence-corrected chi connectivity index (χ4v) is 0.638. The molecule has 0 rings (SSSR count). The lowest BCUT2D eigenvalue weighted by molar-refractivity contribution is 0.108. The number of hydrogen-bond acceptors (Lipinski definition) is 3. The van der Waals surface area contributed by atoms with Crippen molar-refractivity contribution in [1.82, 2.24) is 5.32 Å². The van der Waals surface area contributed by atoms with Gasteiger partial charge in [0.25, 0.3) is 0 Å². The van der Waals surface area contributed by atoms with E-state index in [2.05, 4.69) is 19.2 Å². The Balaban J connectivity index is 2.86. The van der Waals surface area contributed by atoms with Gasteiger partial charge in [-0.05, 0) is 12.3 Å². The van der Waals surface area contributed by atoms with Crippen LogP contribution in [0.2, 0.25) is 0 Å². The zero-order valence-electron chi connectivity index (χ0n) is 7.26. The van der Waals surface area contributed by atoms with Crippen molar-refractivity contribution in [1.29, 1.82) is 5.26 Å². The van der Waals surface area contributed by atoms with Crippen LogP contribution in [0.5, 0.6) is 0 Å². The van der Waals surface area contributed by atoms with E-state index in [4.69, 9.17) is 10.00 Å². The fourth-order valence-electron chi connectivity index (χ4n) is 0.638.